The van der Waals surface area contributed by atoms with Crippen LogP contribution >= 0.6 is 0 Å². The highest BCUT2D eigenvalue weighted by atomic mass is 32.2. The second kappa shape index (κ2) is 7.63. The smallest absolute Gasteiger partial charge is 0.335 e. The maximum Gasteiger partial charge on any atom is 0.335 e. The first kappa shape index (κ1) is 18.2. The molecule has 132 valence electrons. The lowest BCUT2D eigenvalue weighted by atomic mass is 10.1. The van der Waals surface area contributed by atoms with Crippen molar-refractivity contribution in [3.05, 3.63) is 29.8 Å². The Balaban J connectivity index is 1.82. The third-order valence-electron chi connectivity index (χ3n) is 3.94. The van der Waals surface area contributed by atoms with E-state index in [4.69, 9.17) is 5.11 Å². The van der Waals surface area contributed by atoms with Gasteiger partial charge in [-0.2, -0.15) is 0 Å². The molecule has 1 saturated heterocycles. The minimum atomic E-state index is -3.18. The first-order chi connectivity index (χ1) is 11.3. The van der Waals surface area contributed by atoms with E-state index < -0.39 is 22.0 Å². The lowest BCUT2D eigenvalue weighted by Crippen LogP contribution is -2.47. The number of piperidine rings is 1. The van der Waals surface area contributed by atoms with Crippen LogP contribution in [-0.2, 0) is 10.0 Å². The van der Waals surface area contributed by atoms with Crippen molar-refractivity contribution < 1.29 is 23.1 Å². The van der Waals surface area contributed by atoms with E-state index in [2.05, 4.69) is 10.6 Å². The Hall–Kier alpha value is -2.13. The van der Waals surface area contributed by atoms with E-state index in [1.807, 2.05) is 0 Å². The van der Waals surface area contributed by atoms with Gasteiger partial charge in [-0.05, 0) is 44.0 Å². The summed E-state index contributed by atoms with van der Waals surface area (Å²) in [6.45, 7) is 2.41. The van der Waals surface area contributed by atoms with Gasteiger partial charge in [-0.3, -0.25) is 0 Å². The van der Waals surface area contributed by atoms with Crippen molar-refractivity contribution in [3.8, 4) is 0 Å². The number of urea groups is 1. The molecule has 1 aliphatic rings. The van der Waals surface area contributed by atoms with Crippen molar-refractivity contribution in [3.63, 3.8) is 0 Å². The van der Waals surface area contributed by atoms with Gasteiger partial charge in [0.2, 0.25) is 10.0 Å². The van der Waals surface area contributed by atoms with E-state index >= 15 is 0 Å². The summed E-state index contributed by atoms with van der Waals surface area (Å²) in [5.41, 5.74) is 0.633. The molecule has 9 heteroatoms. The zero-order valence-corrected chi connectivity index (χ0v) is 14.2. The molecule has 0 aromatic heterocycles. The number of nitrogens with one attached hydrogen (secondary N) is 2. The van der Waals surface area contributed by atoms with Crippen LogP contribution in [0, 0.1) is 0 Å². The molecule has 0 radical (unpaired) electrons. The van der Waals surface area contributed by atoms with Crippen LogP contribution in [0.3, 0.4) is 0 Å². The quantitative estimate of drug-likeness (QED) is 0.737. The standard InChI is InChI=1S/C15H21N3O5S/c1-2-24(22,23)18-9-7-13(8-10-18)17-15(21)16-12-5-3-11(4-6-12)14(19)20/h3-6,13H,2,7-10H2,1H3,(H,19,20)(H2,16,17,21). The number of carbonyl (C=O) groups excluding carboxylic acids is 1. The van der Waals surface area contributed by atoms with Crippen LogP contribution in [-0.4, -0.2) is 54.7 Å². The summed E-state index contributed by atoms with van der Waals surface area (Å²) in [5.74, 6) is -0.947. The fourth-order valence-corrected chi connectivity index (χ4v) is 3.64. The topological polar surface area (TPSA) is 116 Å². The molecular weight excluding hydrogens is 334 g/mol. The highest BCUT2D eigenvalue weighted by Gasteiger charge is 2.27. The van der Waals surface area contributed by atoms with E-state index in [9.17, 15) is 18.0 Å². The average Bonchev–Trinajstić information content (AvgIpc) is 2.55. The molecule has 2 amide bonds. The molecule has 1 heterocycles. The van der Waals surface area contributed by atoms with Crippen LogP contribution in [0.25, 0.3) is 0 Å². The van der Waals surface area contributed by atoms with Gasteiger partial charge < -0.3 is 15.7 Å². The number of sulfonamides is 1. The van der Waals surface area contributed by atoms with E-state index in [0.29, 0.717) is 31.6 Å². The Morgan fingerprint density at radius 1 is 1.21 bits per heavy atom. The van der Waals surface area contributed by atoms with Crippen molar-refractivity contribution in [2.75, 3.05) is 24.2 Å². The number of nitrogens with zero attached hydrogens (tertiary/aromatic N) is 1. The van der Waals surface area contributed by atoms with E-state index in [1.54, 1.807) is 6.92 Å². The van der Waals surface area contributed by atoms with Gasteiger partial charge in [0.15, 0.2) is 0 Å². The number of aromatic carboxylic acids is 1. The Morgan fingerprint density at radius 2 is 1.79 bits per heavy atom. The molecule has 0 spiro atoms. The van der Waals surface area contributed by atoms with Gasteiger partial charge in [0.25, 0.3) is 0 Å². The number of carboxylic acids is 1. The zero-order chi connectivity index (χ0) is 17.7. The molecule has 1 aliphatic heterocycles. The van der Waals surface area contributed by atoms with E-state index in [1.165, 1.54) is 28.6 Å². The second-order valence-corrected chi connectivity index (χ2v) is 7.81. The largest absolute Gasteiger partial charge is 0.478 e. The van der Waals surface area contributed by atoms with Crippen LogP contribution < -0.4 is 10.6 Å². The minimum Gasteiger partial charge on any atom is -0.478 e. The number of anilines is 1. The van der Waals surface area contributed by atoms with Crippen molar-refractivity contribution in [1.82, 2.24) is 9.62 Å². The van der Waals surface area contributed by atoms with Crippen molar-refractivity contribution >= 4 is 27.7 Å². The lowest BCUT2D eigenvalue weighted by Gasteiger charge is -2.31. The maximum absolute atomic E-state index is 12.0. The first-order valence-electron chi connectivity index (χ1n) is 7.70. The van der Waals surface area contributed by atoms with Gasteiger partial charge >= 0.3 is 12.0 Å². The molecule has 1 aromatic rings. The normalized spacial score (nSPS) is 16.5. The highest BCUT2D eigenvalue weighted by molar-refractivity contribution is 7.89. The third kappa shape index (κ3) is 4.68. The van der Waals surface area contributed by atoms with Crippen molar-refractivity contribution in [2.45, 2.75) is 25.8 Å². The van der Waals surface area contributed by atoms with Crippen LogP contribution in [0.1, 0.15) is 30.1 Å². The Morgan fingerprint density at radius 3 is 2.29 bits per heavy atom. The molecule has 0 bridgehead atoms. The molecule has 0 aliphatic carbocycles. The van der Waals surface area contributed by atoms with Gasteiger partial charge in [-0.15, -0.1) is 0 Å². The second-order valence-electron chi connectivity index (χ2n) is 5.55. The van der Waals surface area contributed by atoms with Crippen molar-refractivity contribution in [2.24, 2.45) is 0 Å². The Bertz CT molecular complexity index is 694. The van der Waals surface area contributed by atoms with Gasteiger partial charge in [0, 0.05) is 24.8 Å². The number of carbonyl (C=O) groups is 2. The molecule has 3 N–H and O–H groups in total. The first-order valence-corrected chi connectivity index (χ1v) is 9.31. The van der Waals surface area contributed by atoms with Crippen molar-refractivity contribution in [1.29, 1.82) is 0 Å². The summed E-state index contributed by atoms with van der Waals surface area (Å²) in [4.78, 5) is 22.7. The summed E-state index contributed by atoms with van der Waals surface area (Å²) in [5, 5.41) is 14.3. The zero-order valence-electron chi connectivity index (χ0n) is 13.4. The van der Waals surface area contributed by atoms with Crippen LogP contribution in [0.5, 0.6) is 0 Å². The molecule has 1 aromatic carbocycles. The summed E-state index contributed by atoms with van der Waals surface area (Å²) in [6, 6.07) is 5.36. The van der Waals surface area contributed by atoms with E-state index in [-0.39, 0.29) is 17.4 Å². The molecular formula is C15H21N3O5S. The molecule has 24 heavy (non-hydrogen) atoms. The highest BCUT2D eigenvalue weighted by Crippen LogP contribution is 2.15. The number of hydrogen-bond acceptors (Lipinski definition) is 4. The number of carboxylic acid groups (broad SMARTS) is 1. The molecule has 0 unspecified atom stereocenters. The summed E-state index contributed by atoms with van der Waals surface area (Å²) in [7, 11) is -3.18. The number of rotatable bonds is 5. The molecule has 1 fully saturated rings. The molecule has 0 saturated carbocycles. The maximum atomic E-state index is 12.0. The van der Waals surface area contributed by atoms with Crippen LogP contribution in [0.4, 0.5) is 10.5 Å². The van der Waals surface area contributed by atoms with Gasteiger partial charge in [-0.1, -0.05) is 0 Å². The summed E-state index contributed by atoms with van der Waals surface area (Å²) >= 11 is 0. The minimum absolute atomic E-state index is 0.0813. The van der Waals surface area contributed by atoms with Gasteiger partial charge in [0.1, 0.15) is 0 Å². The van der Waals surface area contributed by atoms with Crippen LogP contribution in [0.2, 0.25) is 0 Å². The SMILES string of the molecule is CCS(=O)(=O)N1CCC(NC(=O)Nc2ccc(C(=O)O)cc2)CC1. The average molecular weight is 355 g/mol. The van der Waals surface area contributed by atoms with Gasteiger partial charge in [-0.25, -0.2) is 22.3 Å². The fourth-order valence-electron chi connectivity index (χ4n) is 2.51. The lowest BCUT2D eigenvalue weighted by molar-refractivity contribution is 0.0697. The summed E-state index contributed by atoms with van der Waals surface area (Å²) < 4.78 is 25.0. The Labute approximate surface area is 140 Å². The number of hydrogen-bond donors (Lipinski definition) is 3. The fraction of sp³-hybridized carbons (Fsp3) is 0.467. The summed E-state index contributed by atoms with van der Waals surface area (Å²) in [6.07, 6.45) is 1.12. The van der Waals surface area contributed by atoms with Gasteiger partial charge in [0.05, 0.1) is 11.3 Å². The Kier molecular flexibility index (Phi) is 5.79. The molecule has 8 nitrogen and oxygen atoms in total. The third-order valence-corrected chi connectivity index (χ3v) is 5.82. The number of benzene rings is 1. The molecule has 2 rings (SSSR count). The molecule has 0 atom stereocenters. The predicted octanol–water partition coefficient (Wildman–Crippen LogP) is 1.32. The van der Waals surface area contributed by atoms with E-state index in [0.717, 1.165) is 0 Å². The van der Waals surface area contributed by atoms with Crippen LogP contribution in [0.15, 0.2) is 24.3 Å². The number of amides is 2. The monoisotopic (exact) mass is 355 g/mol. The predicted molar refractivity (Wildman–Crippen MR) is 89.6 cm³/mol.